The quantitative estimate of drug-likeness (QED) is 0.174. The summed E-state index contributed by atoms with van der Waals surface area (Å²) in [4.78, 5) is 18.3. The number of carbonyl (C=O) groups is 1. The van der Waals surface area contributed by atoms with E-state index < -0.39 is 0 Å². The number of nitrogens with zero attached hydrogens (tertiary/aromatic N) is 6. The number of hydrogen-bond donors (Lipinski definition) is 1. The van der Waals surface area contributed by atoms with Crippen LogP contribution in [0.25, 0.3) is 11.4 Å². The second kappa shape index (κ2) is 14.4. The summed E-state index contributed by atoms with van der Waals surface area (Å²) in [6.07, 6.45) is 1.89. The monoisotopic (exact) mass is 582 g/mol. The molecule has 1 N–H and O–H groups in total. The van der Waals surface area contributed by atoms with Crippen molar-refractivity contribution in [2.45, 2.75) is 71.2 Å². The van der Waals surface area contributed by atoms with E-state index in [1.807, 2.05) is 31.2 Å². The SMILES string of the molecule is CCOC(=O)CCCCn1nnc(-c2ccc([C@H](c3cccc(O)c3)N3C[C@@H](C)N(Cc4ccccc4)C[C@@H]3C)cc2)n1. The van der Waals surface area contributed by atoms with Crippen molar-refractivity contribution in [2.75, 3.05) is 19.7 Å². The van der Waals surface area contributed by atoms with Crippen LogP contribution < -0.4 is 0 Å². The Morgan fingerprint density at radius 3 is 2.49 bits per heavy atom. The lowest BCUT2D eigenvalue weighted by Gasteiger charge is -2.47. The lowest BCUT2D eigenvalue weighted by atomic mass is 9.92. The Bertz CT molecular complexity index is 1460. The topological polar surface area (TPSA) is 96.6 Å². The van der Waals surface area contributed by atoms with Crippen LogP contribution >= 0.6 is 0 Å². The Morgan fingerprint density at radius 2 is 1.74 bits per heavy atom. The predicted octanol–water partition coefficient (Wildman–Crippen LogP) is 5.46. The van der Waals surface area contributed by atoms with Crippen LogP contribution in [-0.4, -0.2) is 72.9 Å². The van der Waals surface area contributed by atoms with Gasteiger partial charge in [0.15, 0.2) is 0 Å². The van der Waals surface area contributed by atoms with Gasteiger partial charge in [-0.1, -0.05) is 66.7 Å². The summed E-state index contributed by atoms with van der Waals surface area (Å²) in [5.41, 5.74) is 4.44. The van der Waals surface area contributed by atoms with Gasteiger partial charge in [-0.05, 0) is 67.6 Å². The standard InChI is InChI=1S/C34H42N6O3/c1-4-43-32(42)15-8-9-20-40-36-34(35-37-40)29-18-16-28(17-19-29)33(30-13-10-14-31(41)21-30)39-23-25(2)38(22-26(39)3)24-27-11-6-5-7-12-27/h5-7,10-14,16-19,21,25-26,33,41H,4,8-9,15,20,22-24H2,1-3H3/t25-,26+,33-/m1/s1. The van der Waals surface area contributed by atoms with Crippen molar-refractivity contribution in [3.8, 4) is 17.1 Å². The number of unbranched alkanes of at least 4 members (excludes halogenated alkanes) is 1. The van der Waals surface area contributed by atoms with Crippen LogP contribution in [0.15, 0.2) is 78.9 Å². The Kier molecular flexibility index (Phi) is 10.2. The van der Waals surface area contributed by atoms with Gasteiger partial charge in [-0.25, -0.2) is 0 Å². The number of carbonyl (C=O) groups excluding carboxylic acids is 1. The molecule has 0 unspecified atom stereocenters. The molecule has 5 rings (SSSR count). The van der Waals surface area contributed by atoms with E-state index in [4.69, 9.17) is 4.74 Å². The highest BCUT2D eigenvalue weighted by molar-refractivity contribution is 5.69. The summed E-state index contributed by atoms with van der Waals surface area (Å²) in [5, 5.41) is 23.4. The van der Waals surface area contributed by atoms with E-state index in [0.717, 1.165) is 49.2 Å². The van der Waals surface area contributed by atoms with Crippen LogP contribution in [0.4, 0.5) is 0 Å². The van der Waals surface area contributed by atoms with E-state index in [0.29, 0.717) is 37.5 Å². The lowest BCUT2D eigenvalue weighted by Crippen LogP contribution is -2.56. The zero-order valence-corrected chi connectivity index (χ0v) is 25.3. The number of rotatable bonds is 12. The summed E-state index contributed by atoms with van der Waals surface area (Å²) in [5.74, 6) is 0.671. The molecule has 1 fully saturated rings. The van der Waals surface area contributed by atoms with Gasteiger partial charge in [0.05, 0.1) is 19.2 Å². The molecule has 4 aromatic rings. The molecule has 1 aliphatic heterocycles. The molecule has 43 heavy (non-hydrogen) atoms. The number of hydrogen-bond acceptors (Lipinski definition) is 8. The molecule has 0 aliphatic carbocycles. The smallest absolute Gasteiger partial charge is 0.305 e. The van der Waals surface area contributed by atoms with Crippen LogP contribution in [0.1, 0.15) is 62.8 Å². The lowest BCUT2D eigenvalue weighted by molar-refractivity contribution is -0.143. The average Bonchev–Trinajstić information content (AvgIpc) is 3.48. The van der Waals surface area contributed by atoms with E-state index in [1.165, 1.54) is 5.56 Å². The number of aromatic hydroxyl groups is 1. The first kappa shape index (κ1) is 30.4. The third-order valence-electron chi connectivity index (χ3n) is 8.14. The predicted molar refractivity (Wildman–Crippen MR) is 166 cm³/mol. The Morgan fingerprint density at radius 1 is 0.953 bits per heavy atom. The van der Waals surface area contributed by atoms with Crippen molar-refractivity contribution < 1.29 is 14.6 Å². The van der Waals surface area contributed by atoms with Gasteiger partial charge in [-0.2, -0.15) is 4.80 Å². The molecule has 2 heterocycles. The summed E-state index contributed by atoms with van der Waals surface area (Å²) in [6, 6.07) is 27.3. The first-order chi connectivity index (χ1) is 20.9. The molecule has 1 saturated heterocycles. The number of phenolic OH excluding ortho intramolecular Hbond substituents is 1. The van der Waals surface area contributed by atoms with Gasteiger partial charge in [-0.15, -0.1) is 10.2 Å². The molecule has 226 valence electrons. The van der Waals surface area contributed by atoms with E-state index in [1.54, 1.807) is 10.9 Å². The molecule has 3 atom stereocenters. The van der Waals surface area contributed by atoms with Crippen LogP contribution in [0.3, 0.4) is 0 Å². The normalized spacial score (nSPS) is 18.4. The van der Waals surface area contributed by atoms with Gasteiger partial charge >= 0.3 is 5.97 Å². The molecule has 0 spiro atoms. The molecule has 0 saturated carbocycles. The number of esters is 1. The molecule has 1 aromatic heterocycles. The molecule has 0 radical (unpaired) electrons. The Balaban J connectivity index is 1.30. The number of phenols is 1. The second-order valence-corrected chi connectivity index (χ2v) is 11.4. The maximum absolute atomic E-state index is 11.6. The molecular weight excluding hydrogens is 540 g/mol. The van der Waals surface area contributed by atoms with Gasteiger partial charge in [0, 0.05) is 43.7 Å². The van der Waals surface area contributed by atoms with Gasteiger partial charge in [-0.3, -0.25) is 14.6 Å². The first-order valence-corrected chi connectivity index (χ1v) is 15.3. The van der Waals surface area contributed by atoms with Crippen LogP contribution in [0.5, 0.6) is 5.75 Å². The van der Waals surface area contributed by atoms with Crippen molar-refractivity contribution >= 4 is 5.97 Å². The third-order valence-corrected chi connectivity index (χ3v) is 8.14. The number of aromatic nitrogens is 4. The van der Waals surface area contributed by atoms with Crippen molar-refractivity contribution in [1.29, 1.82) is 0 Å². The number of ether oxygens (including phenoxy) is 1. The maximum atomic E-state index is 11.6. The zero-order chi connectivity index (χ0) is 30.2. The highest BCUT2D eigenvalue weighted by Crippen LogP contribution is 2.35. The largest absolute Gasteiger partial charge is 0.508 e. The number of benzene rings is 3. The number of piperazine rings is 1. The fourth-order valence-corrected chi connectivity index (χ4v) is 5.92. The average molecular weight is 583 g/mol. The molecule has 9 heteroatoms. The zero-order valence-electron chi connectivity index (χ0n) is 25.3. The fraction of sp³-hybridized carbons (Fsp3) is 0.412. The third kappa shape index (κ3) is 7.86. The first-order valence-electron chi connectivity index (χ1n) is 15.3. The van der Waals surface area contributed by atoms with Crippen molar-refractivity contribution in [1.82, 2.24) is 30.0 Å². The van der Waals surface area contributed by atoms with Crippen LogP contribution in [0, 0.1) is 0 Å². The summed E-state index contributed by atoms with van der Waals surface area (Å²) in [7, 11) is 0. The minimum atomic E-state index is -0.170. The number of aryl methyl sites for hydroxylation is 1. The highest BCUT2D eigenvalue weighted by Gasteiger charge is 2.35. The molecule has 9 nitrogen and oxygen atoms in total. The van der Waals surface area contributed by atoms with Gasteiger partial charge in [0.2, 0.25) is 5.82 Å². The van der Waals surface area contributed by atoms with Crippen LogP contribution in [0.2, 0.25) is 0 Å². The number of tetrazole rings is 1. The molecule has 0 amide bonds. The van der Waals surface area contributed by atoms with Gasteiger partial charge in [0.25, 0.3) is 0 Å². The molecule has 1 aliphatic rings. The Labute approximate surface area is 254 Å². The molecular formula is C34H42N6O3. The minimum absolute atomic E-state index is 0.0134. The van der Waals surface area contributed by atoms with E-state index >= 15 is 0 Å². The minimum Gasteiger partial charge on any atom is -0.508 e. The summed E-state index contributed by atoms with van der Waals surface area (Å²) in [6.45, 7) is 10.2. The van der Waals surface area contributed by atoms with E-state index in [2.05, 4.69) is 87.6 Å². The summed E-state index contributed by atoms with van der Waals surface area (Å²) < 4.78 is 4.99. The summed E-state index contributed by atoms with van der Waals surface area (Å²) >= 11 is 0. The van der Waals surface area contributed by atoms with E-state index in [-0.39, 0.29) is 17.8 Å². The van der Waals surface area contributed by atoms with E-state index in [9.17, 15) is 9.90 Å². The van der Waals surface area contributed by atoms with Crippen molar-refractivity contribution in [3.63, 3.8) is 0 Å². The molecule has 0 bridgehead atoms. The van der Waals surface area contributed by atoms with Crippen molar-refractivity contribution in [2.24, 2.45) is 0 Å². The van der Waals surface area contributed by atoms with Crippen LogP contribution in [-0.2, 0) is 22.6 Å². The highest BCUT2D eigenvalue weighted by atomic mass is 16.5. The van der Waals surface area contributed by atoms with Crippen molar-refractivity contribution in [3.05, 3.63) is 95.6 Å². The molecule has 3 aromatic carbocycles. The maximum Gasteiger partial charge on any atom is 0.305 e. The van der Waals surface area contributed by atoms with Gasteiger partial charge < -0.3 is 9.84 Å². The fourth-order valence-electron chi connectivity index (χ4n) is 5.92. The second-order valence-electron chi connectivity index (χ2n) is 11.4. The van der Waals surface area contributed by atoms with Gasteiger partial charge in [0.1, 0.15) is 5.75 Å². The Hall–Kier alpha value is -4.08.